The van der Waals surface area contributed by atoms with E-state index in [1.165, 1.54) is 92.4 Å². The van der Waals surface area contributed by atoms with Gasteiger partial charge in [-0.2, -0.15) is 0 Å². The van der Waals surface area contributed by atoms with Crippen molar-refractivity contribution in [1.82, 2.24) is 4.57 Å². The van der Waals surface area contributed by atoms with Crippen molar-refractivity contribution in [3.63, 3.8) is 0 Å². The number of rotatable bonds is 4. The van der Waals surface area contributed by atoms with E-state index in [1.807, 2.05) is 11.3 Å². The molecule has 8 aromatic carbocycles. The van der Waals surface area contributed by atoms with Crippen LogP contribution in [-0.4, -0.2) is 4.57 Å². The quantitative estimate of drug-likeness (QED) is 0.177. The number of thiophene rings is 1. The topological polar surface area (TPSA) is 8.17 Å². The smallest absolute Gasteiger partial charge is 0.0554 e. The number of hydrogen-bond acceptors (Lipinski definition) is 2. The van der Waals surface area contributed by atoms with Gasteiger partial charge in [0.25, 0.3) is 0 Å². The van der Waals surface area contributed by atoms with Gasteiger partial charge in [0.1, 0.15) is 0 Å². The van der Waals surface area contributed by atoms with Gasteiger partial charge in [0.05, 0.1) is 16.7 Å². The third-order valence-corrected chi connectivity index (χ3v) is 13.3. The first-order chi connectivity index (χ1) is 26.7. The van der Waals surface area contributed by atoms with E-state index in [4.69, 9.17) is 0 Å². The second-order valence-electron chi connectivity index (χ2n) is 15.0. The van der Waals surface area contributed by atoms with E-state index in [0.29, 0.717) is 0 Å². The Morgan fingerprint density at radius 1 is 0.463 bits per heavy atom. The van der Waals surface area contributed by atoms with Crippen LogP contribution in [0.4, 0.5) is 17.1 Å². The van der Waals surface area contributed by atoms with Crippen LogP contribution in [-0.2, 0) is 18.3 Å². The molecule has 0 saturated carbocycles. The van der Waals surface area contributed by atoms with Crippen molar-refractivity contribution in [2.24, 2.45) is 0 Å². The molecule has 0 fully saturated rings. The second-order valence-corrected chi connectivity index (χ2v) is 16.0. The highest BCUT2D eigenvalue weighted by molar-refractivity contribution is 7.26. The molecule has 0 radical (unpaired) electrons. The van der Waals surface area contributed by atoms with Crippen LogP contribution in [0.3, 0.4) is 0 Å². The normalized spacial score (nSPS) is 13.9. The standard InChI is InChI=1S/C51H34N2S/c1-2-15-35(16-3-1)53-45-21-10-7-18-40(45)42-29-36(26-28-46(42)53)52(47-22-12-24-49-50(47)41-19-8-11-23-48(41)54-49)37-25-27-39-38-17-6-9-20-43(38)51(44(39)30-37)31-33-13-4-5-14-34(33)32-51/h1-30H,31-32H2. The summed E-state index contributed by atoms with van der Waals surface area (Å²) >= 11 is 1.88. The van der Waals surface area contributed by atoms with E-state index in [1.54, 1.807) is 0 Å². The highest BCUT2D eigenvalue weighted by atomic mass is 32.1. The number of para-hydroxylation sites is 2. The Balaban J connectivity index is 1.13. The Labute approximate surface area is 317 Å². The van der Waals surface area contributed by atoms with Crippen molar-refractivity contribution in [2.45, 2.75) is 18.3 Å². The largest absolute Gasteiger partial charge is 0.310 e. The molecular weight excluding hydrogens is 673 g/mol. The van der Waals surface area contributed by atoms with E-state index in [9.17, 15) is 0 Å². The molecule has 0 aliphatic heterocycles. The van der Waals surface area contributed by atoms with Gasteiger partial charge in [0.15, 0.2) is 0 Å². The SMILES string of the molecule is c1ccc(-n2c3ccccc3c3cc(N(c4ccc5c(c4)C4(Cc6ccccc6C4)c4ccccc4-5)c4cccc5sc6ccccc6c45)ccc32)cc1. The van der Waals surface area contributed by atoms with Crippen molar-refractivity contribution >= 4 is 70.4 Å². The van der Waals surface area contributed by atoms with Crippen molar-refractivity contribution in [2.75, 3.05) is 4.90 Å². The predicted octanol–water partition coefficient (Wildman–Crippen LogP) is 13.7. The van der Waals surface area contributed by atoms with Crippen LogP contribution in [0.1, 0.15) is 22.3 Å². The molecular formula is C51H34N2S. The molecule has 0 unspecified atom stereocenters. The van der Waals surface area contributed by atoms with E-state index in [-0.39, 0.29) is 5.41 Å². The summed E-state index contributed by atoms with van der Waals surface area (Å²) in [6.45, 7) is 0. The van der Waals surface area contributed by atoms with Gasteiger partial charge in [-0.3, -0.25) is 0 Å². The zero-order chi connectivity index (χ0) is 35.4. The summed E-state index contributed by atoms with van der Waals surface area (Å²) in [7, 11) is 0. The Kier molecular flexibility index (Phi) is 6.29. The van der Waals surface area contributed by atoms with Gasteiger partial charge in [0, 0.05) is 53.4 Å². The van der Waals surface area contributed by atoms with Crippen LogP contribution in [0.15, 0.2) is 182 Å². The molecule has 2 aliphatic carbocycles. The number of nitrogens with zero attached hydrogens (tertiary/aromatic N) is 2. The highest BCUT2D eigenvalue weighted by Crippen LogP contribution is 2.57. The van der Waals surface area contributed by atoms with Crippen LogP contribution in [0.25, 0.3) is 58.8 Å². The Morgan fingerprint density at radius 2 is 1.11 bits per heavy atom. The van der Waals surface area contributed by atoms with Gasteiger partial charge in [-0.1, -0.05) is 115 Å². The maximum atomic E-state index is 2.54. The molecule has 0 N–H and O–H groups in total. The molecule has 1 spiro atoms. The summed E-state index contributed by atoms with van der Waals surface area (Å²) in [6, 6.07) is 67.9. The molecule has 3 heteroatoms. The van der Waals surface area contributed by atoms with Gasteiger partial charge < -0.3 is 9.47 Å². The fourth-order valence-corrected chi connectivity index (χ4v) is 11.0. The lowest BCUT2D eigenvalue weighted by Crippen LogP contribution is -2.26. The van der Waals surface area contributed by atoms with Gasteiger partial charge in [-0.15, -0.1) is 11.3 Å². The van der Waals surface area contributed by atoms with Gasteiger partial charge in [0.2, 0.25) is 0 Å². The minimum Gasteiger partial charge on any atom is -0.310 e. The number of fused-ring (bicyclic) bond motifs is 12. The Hall–Kier alpha value is -6.42. The predicted molar refractivity (Wildman–Crippen MR) is 228 cm³/mol. The summed E-state index contributed by atoms with van der Waals surface area (Å²) < 4.78 is 5.02. The Morgan fingerprint density at radius 3 is 1.98 bits per heavy atom. The molecule has 0 bridgehead atoms. The zero-order valence-electron chi connectivity index (χ0n) is 29.5. The molecule has 2 aromatic heterocycles. The molecule has 54 heavy (non-hydrogen) atoms. The molecule has 2 aliphatic rings. The maximum absolute atomic E-state index is 2.54. The van der Waals surface area contributed by atoms with Gasteiger partial charge in [-0.25, -0.2) is 0 Å². The lowest BCUT2D eigenvalue weighted by atomic mass is 9.75. The first-order valence-corrected chi connectivity index (χ1v) is 19.7. The molecule has 0 saturated heterocycles. The van der Waals surface area contributed by atoms with Crippen molar-refractivity contribution in [3.05, 3.63) is 204 Å². The number of aromatic nitrogens is 1. The summed E-state index contributed by atoms with van der Waals surface area (Å²) in [5.74, 6) is 0. The molecule has 12 rings (SSSR count). The van der Waals surface area contributed by atoms with Crippen LogP contribution < -0.4 is 4.90 Å². The van der Waals surface area contributed by atoms with Crippen LogP contribution in [0.5, 0.6) is 0 Å². The third kappa shape index (κ3) is 4.16. The van der Waals surface area contributed by atoms with Crippen molar-refractivity contribution < 1.29 is 0 Å². The zero-order valence-corrected chi connectivity index (χ0v) is 30.4. The van der Waals surface area contributed by atoms with Crippen LogP contribution in [0, 0.1) is 0 Å². The maximum Gasteiger partial charge on any atom is 0.0554 e. The molecule has 254 valence electrons. The van der Waals surface area contributed by atoms with Crippen molar-refractivity contribution in [1.29, 1.82) is 0 Å². The average Bonchev–Trinajstić information content (AvgIpc) is 3.97. The fourth-order valence-electron chi connectivity index (χ4n) is 9.90. The van der Waals surface area contributed by atoms with Crippen LogP contribution in [0.2, 0.25) is 0 Å². The lowest BCUT2D eigenvalue weighted by molar-refractivity contribution is 0.563. The monoisotopic (exact) mass is 706 g/mol. The van der Waals surface area contributed by atoms with E-state index in [0.717, 1.165) is 18.5 Å². The fraction of sp³-hybridized carbons (Fsp3) is 0.0588. The Bertz CT molecular complexity index is 3100. The first kappa shape index (κ1) is 30.1. The highest BCUT2D eigenvalue weighted by Gasteiger charge is 2.47. The molecule has 2 heterocycles. The van der Waals surface area contributed by atoms with E-state index < -0.39 is 0 Å². The summed E-state index contributed by atoms with van der Waals surface area (Å²) in [5.41, 5.74) is 15.6. The first-order valence-electron chi connectivity index (χ1n) is 18.9. The molecule has 0 amide bonds. The molecule has 0 atom stereocenters. The average molecular weight is 707 g/mol. The summed E-state index contributed by atoms with van der Waals surface area (Å²) in [4.78, 5) is 2.54. The minimum atomic E-state index is -0.0918. The van der Waals surface area contributed by atoms with Gasteiger partial charge >= 0.3 is 0 Å². The molecule has 10 aromatic rings. The molecule has 2 nitrogen and oxygen atoms in total. The van der Waals surface area contributed by atoms with Crippen molar-refractivity contribution in [3.8, 4) is 16.8 Å². The second kappa shape index (κ2) is 11.3. The minimum absolute atomic E-state index is 0.0918. The third-order valence-electron chi connectivity index (χ3n) is 12.2. The van der Waals surface area contributed by atoms with E-state index >= 15 is 0 Å². The lowest BCUT2D eigenvalue weighted by Gasteiger charge is -2.30. The van der Waals surface area contributed by atoms with Gasteiger partial charge in [-0.05, 0) is 113 Å². The summed E-state index contributed by atoms with van der Waals surface area (Å²) in [5, 5.41) is 5.10. The number of anilines is 3. The number of hydrogen-bond donors (Lipinski definition) is 0. The number of benzene rings is 8. The summed E-state index contributed by atoms with van der Waals surface area (Å²) in [6.07, 6.45) is 2.04. The van der Waals surface area contributed by atoms with E-state index in [2.05, 4.69) is 191 Å². The van der Waals surface area contributed by atoms with Crippen LogP contribution >= 0.6 is 11.3 Å².